The Labute approximate surface area is 143 Å². The topological polar surface area (TPSA) is 75.6 Å². The highest BCUT2D eigenvalue weighted by Crippen LogP contribution is 2.20. The number of nitrogens with zero attached hydrogens (tertiary/aromatic N) is 3. The highest BCUT2D eigenvalue weighted by atomic mass is 32.1. The van der Waals surface area contributed by atoms with Crippen LogP contribution in [0.15, 0.2) is 42.5 Å². The van der Waals surface area contributed by atoms with Crippen molar-refractivity contribution in [3.8, 4) is 5.75 Å². The van der Waals surface area contributed by atoms with Crippen molar-refractivity contribution in [3.63, 3.8) is 0 Å². The van der Waals surface area contributed by atoms with E-state index >= 15 is 0 Å². The summed E-state index contributed by atoms with van der Waals surface area (Å²) in [6, 6.07) is 12.5. The Bertz CT molecular complexity index is 848. The summed E-state index contributed by atoms with van der Waals surface area (Å²) in [6.07, 6.45) is -1.20. The maximum Gasteiger partial charge on any atom is 0.256 e. The molecule has 2 aromatic carbocycles. The molecule has 124 valence electrons. The van der Waals surface area contributed by atoms with Crippen LogP contribution in [0.4, 0.5) is 0 Å². The quantitative estimate of drug-likeness (QED) is 0.770. The molecule has 0 spiro atoms. The molecule has 1 atom stereocenters. The highest BCUT2D eigenvalue weighted by Gasteiger charge is 2.21. The number of carbonyl (C=O) groups is 1. The third kappa shape index (κ3) is 3.37. The van der Waals surface area contributed by atoms with E-state index in [2.05, 4.69) is 8.75 Å². The Morgan fingerprint density at radius 3 is 2.62 bits per heavy atom. The normalized spacial score (nSPS) is 12.1. The van der Waals surface area contributed by atoms with Crippen LogP contribution in [-0.4, -0.2) is 38.8 Å². The summed E-state index contributed by atoms with van der Waals surface area (Å²) >= 11 is 1.16. The molecule has 1 heterocycles. The second kappa shape index (κ2) is 6.94. The molecular weight excluding hydrogens is 326 g/mol. The molecule has 0 aliphatic heterocycles. The minimum atomic E-state index is -1.20. The fourth-order valence-corrected chi connectivity index (χ4v) is 2.93. The van der Waals surface area contributed by atoms with Gasteiger partial charge < -0.3 is 14.7 Å². The molecule has 3 rings (SSSR count). The molecule has 6 nitrogen and oxygen atoms in total. The zero-order chi connectivity index (χ0) is 17.1. The molecule has 1 unspecified atom stereocenters. The lowest BCUT2D eigenvalue weighted by Gasteiger charge is -2.21. The molecule has 0 saturated heterocycles. The number of amides is 1. The fourth-order valence-electron chi connectivity index (χ4n) is 2.42. The average molecular weight is 343 g/mol. The first kappa shape index (κ1) is 16.4. The number of ether oxygens (including phenoxy) is 1. The average Bonchev–Trinajstić information content (AvgIpc) is 3.08. The Hall–Kier alpha value is -2.51. The summed E-state index contributed by atoms with van der Waals surface area (Å²) in [5, 5.41) is 10.3. The number of rotatable bonds is 5. The molecule has 0 bridgehead atoms. The van der Waals surface area contributed by atoms with E-state index in [0.717, 1.165) is 28.3 Å². The smallest absolute Gasteiger partial charge is 0.256 e. The van der Waals surface area contributed by atoms with Crippen LogP contribution in [0, 0.1) is 0 Å². The number of aliphatic hydroxyl groups is 1. The zero-order valence-corrected chi connectivity index (χ0v) is 14.2. The summed E-state index contributed by atoms with van der Waals surface area (Å²) in [5.41, 5.74) is 3.13. The van der Waals surface area contributed by atoms with Gasteiger partial charge in [0.2, 0.25) is 0 Å². The predicted molar refractivity (Wildman–Crippen MR) is 91.8 cm³/mol. The number of aliphatic hydroxyl groups excluding tert-OH is 1. The molecule has 7 heteroatoms. The first-order chi connectivity index (χ1) is 11.6. The molecule has 1 aromatic heterocycles. The minimum absolute atomic E-state index is 0.364. The zero-order valence-electron chi connectivity index (χ0n) is 13.3. The SMILES string of the molecule is COc1ccc(C(O)C(=O)N(C)Cc2ccc3nsnc3c2)cc1. The first-order valence-electron chi connectivity index (χ1n) is 7.36. The van der Waals surface area contributed by atoms with Gasteiger partial charge in [0.25, 0.3) is 5.91 Å². The maximum atomic E-state index is 12.4. The van der Waals surface area contributed by atoms with Crippen molar-refractivity contribution < 1.29 is 14.6 Å². The van der Waals surface area contributed by atoms with E-state index in [1.54, 1.807) is 38.4 Å². The van der Waals surface area contributed by atoms with Gasteiger partial charge in [-0.15, -0.1) is 0 Å². The van der Waals surface area contributed by atoms with Crippen LogP contribution in [0.3, 0.4) is 0 Å². The van der Waals surface area contributed by atoms with E-state index < -0.39 is 6.10 Å². The van der Waals surface area contributed by atoms with E-state index in [4.69, 9.17) is 4.74 Å². The van der Waals surface area contributed by atoms with E-state index in [9.17, 15) is 9.90 Å². The first-order valence-corrected chi connectivity index (χ1v) is 8.09. The van der Waals surface area contributed by atoms with Gasteiger partial charge in [0.15, 0.2) is 6.10 Å². The van der Waals surface area contributed by atoms with E-state index in [1.165, 1.54) is 4.90 Å². The lowest BCUT2D eigenvalue weighted by molar-refractivity contribution is -0.139. The van der Waals surface area contributed by atoms with Gasteiger partial charge in [-0.2, -0.15) is 8.75 Å². The molecule has 0 fully saturated rings. The van der Waals surface area contributed by atoms with Crippen LogP contribution in [0.5, 0.6) is 5.75 Å². The van der Waals surface area contributed by atoms with Crippen molar-refractivity contribution in [1.82, 2.24) is 13.6 Å². The second-order valence-corrected chi connectivity index (χ2v) is 5.99. The van der Waals surface area contributed by atoms with Gasteiger partial charge in [-0.25, -0.2) is 0 Å². The standard InChI is InChI=1S/C17H17N3O3S/c1-20(10-11-3-8-14-15(9-11)19-24-18-14)17(22)16(21)12-4-6-13(23-2)7-5-12/h3-9,16,21H,10H2,1-2H3. The Morgan fingerprint density at radius 2 is 1.92 bits per heavy atom. The number of hydrogen-bond donors (Lipinski definition) is 1. The molecule has 0 aliphatic rings. The molecule has 24 heavy (non-hydrogen) atoms. The molecular formula is C17H17N3O3S. The Morgan fingerprint density at radius 1 is 1.21 bits per heavy atom. The van der Waals surface area contributed by atoms with Crippen molar-refractivity contribution >= 4 is 28.7 Å². The van der Waals surface area contributed by atoms with Crippen molar-refractivity contribution in [2.45, 2.75) is 12.6 Å². The highest BCUT2D eigenvalue weighted by molar-refractivity contribution is 7.00. The van der Waals surface area contributed by atoms with E-state index in [-0.39, 0.29) is 5.91 Å². The van der Waals surface area contributed by atoms with Gasteiger partial charge in [0, 0.05) is 13.6 Å². The third-order valence-electron chi connectivity index (χ3n) is 3.78. The van der Waals surface area contributed by atoms with Crippen LogP contribution in [0.25, 0.3) is 11.0 Å². The van der Waals surface area contributed by atoms with Crippen LogP contribution < -0.4 is 4.74 Å². The van der Waals surface area contributed by atoms with Gasteiger partial charge in [0.05, 0.1) is 18.8 Å². The summed E-state index contributed by atoms with van der Waals surface area (Å²) in [5.74, 6) is 0.314. The lowest BCUT2D eigenvalue weighted by atomic mass is 10.1. The predicted octanol–water partition coefficient (Wildman–Crippen LogP) is 2.39. The second-order valence-electron chi connectivity index (χ2n) is 5.46. The van der Waals surface area contributed by atoms with Crippen LogP contribution in [-0.2, 0) is 11.3 Å². The minimum Gasteiger partial charge on any atom is -0.497 e. The fraction of sp³-hybridized carbons (Fsp3) is 0.235. The number of aromatic nitrogens is 2. The van der Waals surface area contributed by atoms with E-state index in [0.29, 0.717) is 17.9 Å². The Balaban J connectivity index is 1.70. The van der Waals surface area contributed by atoms with Crippen molar-refractivity contribution in [2.75, 3.05) is 14.2 Å². The molecule has 3 aromatic rings. The van der Waals surface area contributed by atoms with Crippen molar-refractivity contribution in [1.29, 1.82) is 0 Å². The number of carbonyl (C=O) groups excluding carboxylic acids is 1. The lowest BCUT2D eigenvalue weighted by Crippen LogP contribution is -2.31. The van der Waals surface area contributed by atoms with Gasteiger partial charge in [0.1, 0.15) is 16.8 Å². The largest absolute Gasteiger partial charge is 0.497 e. The summed E-state index contributed by atoms with van der Waals surface area (Å²) in [6.45, 7) is 0.388. The monoisotopic (exact) mass is 343 g/mol. The van der Waals surface area contributed by atoms with Gasteiger partial charge in [-0.3, -0.25) is 4.79 Å². The molecule has 1 amide bonds. The maximum absolute atomic E-state index is 12.4. The molecule has 0 saturated carbocycles. The van der Waals surface area contributed by atoms with Crippen LogP contribution >= 0.6 is 11.7 Å². The van der Waals surface area contributed by atoms with Crippen LogP contribution in [0.1, 0.15) is 17.2 Å². The summed E-state index contributed by atoms with van der Waals surface area (Å²) < 4.78 is 13.4. The summed E-state index contributed by atoms with van der Waals surface area (Å²) in [7, 11) is 3.23. The van der Waals surface area contributed by atoms with Crippen molar-refractivity contribution in [2.24, 2.45) is 0 Å². The Kier molecular flexibility index (Phi) is 4.73. The van der Waals surface area contributed by atoms with Crippen LogP contribution in [0.2, 0.25) is 0 Å². The number of benzene rings is 2. The number of fused-ring (bicyclic) bond motifs is 1. The molecule has 0 radical (unpaired) electrons. The number of methoxy groups -OCH3 is 1. The van der Waals surface area contributed by atoms with E-state index in [1.807, 2.05) is 18.2 Å². The van der Waals surface area contributed by atoms with Gasteiger partial charge in [-0.05, 0) is 35.4 Å². The van der Waals surface area contributed by atoms with Gasteiger partial charge >= 0.3 is 0 Å². The van der Waals surface area contributed by atoms with Gasteiger partial charge in [-0.1, -0.05) is 18.2 Å². The molecule has 0 aliphatic carbocycles. The van der Waals surface area contributed by atoms with Crippen molar-refractivity contribution in [3.05, 3.63) is 53.6 Å². The number of likely N-dealkylation sites (N-methyl/N-ethyl adjacent to an activating group) is 1. The third-order valence-corrected chi connectivity index (χ3v) is 4.34. The molecule has 1 N–H and O–H groups in total. The number of hydrogen-bond acceptors (Lipinski definition) is 6. The summed E-state index contributed by atoms with van der Waals surface area (Å²) in [4.78, 5) is 13.9.